The van der Waals surface area contributed by atoms with Crippen molar-refractivity contribution < 1.29 is 19.1 Å². The van der Waals surface area contributed by atoms with E-state index >= 15 is 0 Å². The van der Waals surface area contributed by atoms with Crippen molar-refractivity contribution in [2.45, 2.75) is 51.6 Å². The standard InChI is InChI=1S/C37H43N7O4.ClH/c1-24(42-32-22-28(47-3)20-26-12-8-16-38-34(26)32)10-6-18-40-36(45)30-14-5-15-31(44-30)37(46)41-19-7-11-25(2)43-33-23-29(48-4)21-27-13-9-17-39-35(27)33;/h5,8-9,12-17,20-25,42-43H,6-7,10-11,18-19H2,1-4H3,(H,40,45)(H,41,46);1H. The highest BCUT2D eigenvalue weighted by Crippen LogP contribution is 2.29. The minimum atomic E-state index is -0.312. The highest BCUT2D eigenvalue weighted by atomic mass is 35.5. The zero-order chi connectivity index (χ0) is 33.9. The van der Waals surface area contributed by atoms with Crippen LogP contribution in [-0.4, -0.2) is 66.2 Å². The number of carbonyl (C=O) groups excluding carboxylic acids is 2. The Morgan fingerprint density at radius 3 is 1.55 bits per heavy atom. The Labute approximate surface area is 293 Å². The van der Waals surface area contributed by atoms with Gasteiger partial charge in [-0.3, -0.25) is 19.6 Å². The van der Waals surface area contributed by atoms with Gasteiger partial charge in [-0.15, -0.1) is 12.4 Å². The van der Waals surface area contributed by atoms with Gasteiger partial charge in [-0.05, 0) is 75.9 Å². The van der Waals surface area contributed by atoms with E-state index in [4.69, 9.17) is 9.47 Å². The number of nitrogens with one attached hydrogen (secondary N) is 4. The predicted octanol–water partition coefficient (Wildman–Crippen LogP) is 6.64. The van der Waals surface area contributed by atoms with Crippen molar-refractivity contribution in [1.29, 1.82) is 0 Å². The van der Waals surface area contributed by atoms with E-state index in [2.05, 4.69) is 50.1 Å². The molecule has 0 fully saturated rings. The molecule has 49 heavy (non-hydrogen) atoms. The number of halogens is 1. The smallest absolute Gasteiger partial charge is 0.269 e. The van der Waals surface area contributed by atoms with Crippen LogP contribution in [0.4, 0.5) is 11.4 Å². The summed E-state index contributed by atoms with van der Waals surface area (Å²) in [7, 11) is 3.30. The number of benzene rings is 2. The molecule has 0 spiro atoms. The first kappa shape index (κ1) is 36.7. The van der Waals surface area contributed by atoms with E-state index in [1.807, 2.05) is 48.5 Å². The third-order valence-corrected chi connectivity index (χ3v) is 8.05. The highest BCUT2D eigenvalue weighted by molar-refractivity contribution is 5.96. The molecule has 2 aromatic carbocycles. The van der Waals surface area contributed by atoms with E-state index in [-0.39, 0.29) is 47.7 Å². The van der Waals surface area contributed by atoms with Crippen LogP contribution in [-0.2, 0) is 0 Å². The number of ether oxygens (including phenoxy) is 2. The summed E-state index contributed by atoms with van der Waals surface area (Å²) in [6, 6.07) is 20.8. The van der Waals surface area contributed by atoms with E-state index in [1.54, 1.807) is 44.8 Å². The summed E-state index contributed by atoms with van der Waals surface area (Å²) in [5, 5.41) is 14.9. The van der Waals surface area contributed by atoms with Gasteiger partial charge in [-0.25, -0.2) is 4.98 Å². The summed E-state index contributed by atoms with van der Waals surface area (Å²) in [4.78, 5) is 39.0. The average molecular weight is 686 g/mol. The van der Waals surface area contributed by atoms with Crippen LogP contribution in [0.15, 0.2) is 79.1 Å². The van der Waals surface area contributed by atoms with Gasteiger partial charge in [0.2, 0.25) is 0 Å². The molecule has 3 aromatic heterocycles. The molecule has 2 unspecified atom stereocenters. The highest BCUT2D eigenvalue weighted by Gasteiger charge is 2.14. The van der Waals surface area contributed by atoms with E-state index in [1.165, 1.54) is 0 Å². The van der Waals surface area contributed by atoms with Crippen LogP contribution in [0.25, 0.3) is 21.8 Å². The lowest BCUT2D eigenvalue weighted by Crippen LogP contribution is -2.29. The second-order valence-corrected chi connectivity index (χ2v) is 11.8. The Bertz CT molecular complexity index is 1740. The SMILES string of the molecule is COc1cc(NC(C)CCCNC(=O)c2cccc(C(=O)NCCCC(C)Nc3cc(OC)cc4cccnc34)n2)c2ncccc2c1.Cl. The molecule has 11 nitrogen and oxygen atoms in total. The minimum Gasteiger partial charge on any atom is -0.497 e. The number of amides is 2. The minimum absolute atomic E-state index is 0. The molecular formula is C37H44ClN7O4. The number of nitrogens with zero attached hydrogens (tertiary/aromatic N) is 3. The predicted molar refractivity (Wildman–Crippen MR) is 197 cm³/mol. The molecule has 0 radical (unpaired) electrons. The number of anilines is 2. The molecule has 0 saturated carbocycles. The monoisotopic (exact) mass is 685 g/mol. The molecule has 0 saturated heterocycles. The zero-order valence-corrected chi connectivity index (χ0v) is 29.1. The van der Waals surface area contributed by atoms with Crippen LogP contribution in [0, 0.1) is 0 Å². The quantitative estimate of drug-likeness (QED) is 0.0842. The van der Waals surface area contributed by atoms with Gasteiger partial charge in [-0.1, -0.05) is 18.2 Å². The third-order valence-electron chi connectivity index (χ3n) is 8.05. The molecule has 0 aliphatic carbocycles. The third kappa shape index (κ3) is 9.93. The van der Waals surface area contributed by atoms with Crippen molar-refractivity contribution >= 4 is 57.4 Å². The Morgan fingerprint density at radius 2 is 1.12 bits per heavy atom. The summed E-state index contributed by atoms with van der Waals surface area (Å²) in [6.45, 7) is 5.15. The topological polar surface area (TPSA) is 139 Å². The molecule has 2 amide bonds. The van der Waals surface area contributed by atoms with Crippen molar-refractivity contribution in [1.82, 2.24) is 25.6 Å². The maximum atomic E-state index is 12.8. The maximum Gasteiger partial charge on any atom is 0.269 e. The molecule has 2 atom stereocenters. The number of hydrogen-bond acceptors (Lipinski definition) is 9. The molecule has 0 aliphatic heterocycles. The molecule has 12 heteroatoms. The Hall–Kier alpha value is -5.16. The van der Waals surface area contributed by atoms with E-state index in [9.17, 15) is 9.59 Å². The number of fused-ring (bicyclic) bond motifs is 2. The molecule has 4 N–H and O–H groups in total. The number of rotatable bonds is 16. The van der Waals surface area contributed by atoms with Crippen LogP contribution in [0.5, 0.6) is 11.5 Å². The second-order valence-electron chi connectivity index (χ2n) is 11.8. The van der Waals surface area contributed by atoms with Gasteiger partial charge in [0.1, 0.15) is 22.9 Å². The fraction of sp³-hybridized carbons (Fsp3) is 0.324. The summed E-state index contributed by atoms with van der Waals surface area (Å²) < 4.78 is 10.9. The van der Waals surface area contributed by atoms with Crippen LogP contribution in [0.1, 0.15) is 60.5 Å². The van der Waals surface area contributed by atoms with Gasteiger partial charge in [0.15, 0.2) is 0 Å². The largest absolute Gasteiger partial charge is 0.497 e. The summed E-state index contributed by atoms with van der Waals surface area (Å²) >= 11 is 0. The lowest BCUT2D eigenvalue weighted by Gasteiger charge is -2.17. The van der Waals surface area contributed by atoms with Crippen molar-refractivity contribution in [3.63, 3.8) is 0 Å². The van der Waals surface area contributed by atoms with Gasteiger partial charge in [0.05, 0.1) is 36.6 Å². The lowest BCUT2D eigenvalue weighted by atomic mass is 10.1. The van der Waals surface area contributed by atoms with Gasteiger partial charge in [-0.2, -0.15) is 0 Å². The van der Waals surface area contributed by atoms with Crippen LogP contribution < -0.4 is 30.7 Å². The first-order valence-corrected chi connectivity index (χ1v) is 16.3. The fourth-order valence-electron chi connectivity index (χ4n) is 5.55. The van der Waals surface area contributed by atoms with Gasteiger partial charge in [0, 0.05) is 60.5 Å². The number of pyridine rings is 3. The van der Waals surface area contributed by atoms with Crippen molar-refractivity contribution in [2.75, 3.05) is 37.9 Å². The molecule has 0 bridgehead atoms. The summed E-state index contributed by atoms with van der Waals surface area (Å²) in [5.74, 6) is 0.903. The maximum absolute atomic E-state index is 12.8. The van der Waals surface area contributed by atoms with Crippen LogP contribution in [0.2, 0.25) is 0 Å². The first-order chi connectivity index (χ1) is 23.3. The van der Waals surface area contributed by atoms with Crippen molar-refractivity contribution in [2.24, 2.45) is 0 Å². The summed E-state index contributed by atoms with van der Waals surface area (Å²) in [5.41, 5.74) is 4.00. The van der Waals surface area contributed by atoms with Crippen molar-refractivity contribution in [3.8, 4) is 11.5 Å². The molecule has 0 aliphatic rings. The first-order valence-electron chi connectivity index (χ1n) is 16.3. The van der Waals surface area contributed by atoms with E-state index in [0.717, 1.165) is 70.4 Å². The Morgan fingerprint density at radius 1 is 0.673 bits per heavy atom. The molecule has 258 valence electrons. The molecule has 5 aromatic rings. The van der Waals surface area contributed by atoms with E-state index in [0.29, 0.717) is 13.1 Å². The van der Waals surface area contributed by atoms with Gasteiger partial charge >= 0.3 is 0 Å². The normalized spacial score (nSPS) is 12.0. The number of hydrogen-bond donors (Lipinski definition) is 4. The molecule has 3 heterocycles. The van der Waals surface area contributed by atoms with Crippen LogP contribution >= 0.6 is 12.4 Å². The Kier molecular flexibility index (Phi) is 13.4. The lowest BCUT2D eigenvalue weighted by molar-refractivity contribution is 0.0943. The number of methoxy groups -OCH3 is 2. The second kappa shape index (κ2) is 17.8. The Balaban J connectivity index is 0.00000541. The van der Waals surface area contributed by atoms with Crippen LogP contribution in [0.3, 0.4) is 0 Å². The zero-order valence-electron chi connectivity index (χ0n) is 28.3. The summed E-state index contributed by atoms with van der Waals surface area (Å²) in [6.07, 6.45) is 6.71. The van der Waals surface area contributed by atoms with Gasteiger partial charge in [0.25, 0.3) is 11.8 Å². The molecular weight excluding hydrogens is 642 g/mol. The number of carbonyl (C=O) groups is 2. The van der Waals surface area contributed by atoms with Gasteiger partial charge < -0.3 is 30.7 Å². The van der Waals surface area contributed by atoms with Crippen molar-refractivity contribution in [3.05, 3.63) is 90.5 Å². The molecule has 5 rings (SSSR count). The fourth-order valence-corrected chi connectivity index (χ4v) is 5.55. The number of aromatic nitrogens is 3. The van der Waals surface area contributed by atoms with E-state index < -0.39 is 0 Å². The average Bonchev–Trinajstić information content (AvgIpc) is 3.11.